The summed E-state index contributed by atoms with van der Waals surface area (Å²) in [5.41, 5.74) is 2.34. The van der Waals surface area contributed by atoms with E-state index in [2.05, 4.69) is 36.5 Å². The summed E-state index contributed by atoms with van der Waals surface area (Å²) in [6, 6.07) is 0. The predicted octanol–water partition coefficient (Wildman–Crippen LogP) is 4.10. The van der Waals surface area contributed by atoms with Crippen molar-refractivity contribution in [3.05, 3.63) is 32.3 Å². The van der Waals surface area contributed by atoms with E-state index < -0.39 is 0 Å². The Labute approximate surface area is 132 Å². The Kier molecular flexibility index (Phi) is 3.91. The highest BCUT2D eigenvalue weighted by atomic mass is 32.1. The number of hydrogen-bond donors (Lipinski definition) is 1. The van der Waals surface area contributed by atoms with Crippen molar-refractivity contribution < 1.29 is 0 Å². The Morgan fingerprint density at radius 1 is 1.14 bits per heavy atom. The molecule has 0 fully saturated rings. The average molecular weight is 318 g/mol. The molecule has 6 heteroatoms. The number of rotatable bonds is 4. The van der Waals surface area contributed by atoms with Gasteiger partial charge in [-0.25, -0.2) is 15.0 Å². The molecule has 1 N–H and O–H groups in total. The van der Waals surface area contributed by atoms with Gasteiger partial charge in [0, 0.05) is 22.5 Å². The average Bonchev–Trinajstić information content (AvgIpc) is 2.95. The molecule has 3 aromatic rings. The number of nitrogens with zero attached hydrogens (tertiary/aromatic N) is 3. The van der Waals surface area contributed by atoms with Crippen molar-refractivity contribution in [1.82, 2.24) is 15.0 Å². The summed E-state index contributed by atoms with van der Waals surface area (Å²) >= 11 is 3.41. The molecule has 3 heterocycles. The van der Waals surface area contributed by atoms with Gasteiger partial charge >= 0.3 is 0 Å². The highest BCUT2D eigenvalue weighted by molar-refractivity contribution is 7.18. The maximum atomic E-state index is 4.74. The molecule has 0 aliphatic rings. The van der Waals surface area contributed by atoms with Crippen molar-refractivity contribution in [1.29, 1.82) is 0 Å². The first-order chi connectivity index (χ1) is 10.1. The van der Waals surface area contributed by atoms with Crippen LogP contribution in [0.4, 0.5) is 5.82 Å². The fourth-order valence-electron chi connectivity index (χ4n) is 2.29. The van der Waals surface area contributed by atoms with Crippen LogP contribution >= 0.6 is 22.7 Å². The molecule has 0 aromatic carbocycles. The zero-order chi connectivity index (χ0) is 15.0. The quantitative estimate of drug-likeness (QED) is 0.787. The highest BCUT2D eigenvalue weighted by Crippen LogP contribution is 2.33. The molecule has 110 valence electrons. The van der Waals surface area contributed by atoms with Gasteiger partial charge in [-0.15, -0.1) is 22.7 Å². The molecule has 4 nitrogen and oxygen atoms in total. The Morgan fingerprint density at radius 2 is 1.95 bits per heavy atom. The van der Waals surface area contributed by atoms with E-state index in [9.17, 15) is 0 Å². The van der Waals surface area contributed by atoms with Gasteiger partial charge in [0.05, 0.1) is 11.8 Å². The van der Waals surface area contributed by atoms with Crippen LogP contribution in [-0.2, 0) is 6.42 Å². The van der Waals surface area contributed by atoms with Gasteiger partial charge in [0.2, 0.25) is 0 Å². The lowest BCUT2D eigenvalue weighted by Gasteiger charge is -2.07. The molecule has 0 aliphatic carbocycles. The number of aromatic nitrogens is 3. The number of anilines is 1. The van der Waals surface area contributed by atoms with Crippen LogP contribution in [-0.4, -0.2) is 21.5 Å². The molecule has 21 heavy (non-hydrogen) atoms. The minimum Gasteiger partial charge on any atom is -0.370 e. The van der Waals surface area contributed by atoms with Gasteiger partial charge in [0.25, 0.3) is 0 Å². The molecular weight excluding hydrogens is 300 g/mol. The van der Waals surface area contributed by atoms with Gasteiger partial charge in [-0.05, 0) is 33.3 Å². The lowest BCUT2D eigenvalue weighted by Crippen LogP contribution is -2.05. The number of fused-ring (bicyclic) bond motifs is 1. The van der Waals surface area contributed by atoms with E-state index in [4.69, 9.17) is 9.97 Å². The van der Waals surface area contributed by atoms with Gasteiger partial charge in [-0.3, -0.25) is 0 Å². The van der Waals surface area contributed by atoms with Crippen molar-refractivity contribution >= 4 is 38.7 Å². The first kappa shape index (κ1) is 14.4. The third-order valence-corrected chi connectivity index (χ3v) is 5.46. The fourth-order valence-corrected chi connectivity index (χ4v) is 4.10. The van der Waals surface area contributed by atoms with Gasteiger partial charge in [0.1, 0.15) is 21.5 Å². The van der Waals surface area contributed by atoms with Gasteiger partial charge in [-0.1, -0.05) is 0 Å². The molecule has 0 saturated carbocycles. The Morgan fingerprint density at radius 3 is 2.62 bits per heavy atom. The molecular formula is C15H18N4S2. The summed E-state index contributed by atoms with van der Waals surface area (Å²) < 4.78 is 0. The Hall–Kier alpha value is -1.53. The molecule has 0 radical (unpaired) electrons. The molecule has 3 rings (SSSR count). The van der Waals surface area contributed by atoms with Crippen LogP contribution in [0.15, 0.2) is 5.38 Å². The normalized spacial score (nSPS) is 11.2. The van der Waals surface area contributed by atoms with E-state index in [1.165, 1.54) is 15.8 Å². The predicted molar refractivity (Wildman–Crippen MR) is 90.7 cm³/mol. The number of nitrogens with one attached hydrogen (secondary N) is 1. The minimum absolute atomic E-state index is 0.697. The summed E-state index contributed by atoms with van der Waals surface area (Å²) in [6.07, 6.45) is 0.697. The summed E-state index contributed by atoms with van der Waals surface area (Å²) in [5.74, 6) is 1.79. The molecule has 0 spiro atoms. The number of thiophene rings is 1. The second-order valence-corrected chi connectivity index (χ2v) is 7.19. The number of thiazole rings is 1. The first-order valence-electron chi connectivity index (χ1n) is 7.00. The SMILES string of the molecule is CCNc1nc(Cc2nc(C)cs2)nc2sc(C)c(C)c12. The standard InChI is InChI=1S/C15H18N4S2/c1-5-16-14-13-9(3)10(4)21-15(13)19-11(18-14)6-12-17-8(2)7-20-12/h7H,5-6H2,1-4H3,(H,16,18,19). The van der Waals surface area contributed by atoms with Gasteiger partial charge in [0.15, 0.2) is 0 Å². The summed E-state index contributed by atoms with van der Waals surface area (Å²) in [7, 11) is 0. The van der Waals surface area contributed by atoms with Gasteiger partial charge < -0.3 is 5.32 Å². The minimum atomic E-state index is 0.697. The maximum absolute atomic E-state index is 4.74. The zero-order valence-electron chi connectivity index (χ0n) is 12.6. The largest absolute Gasteiger partial charge is 0.370 e. The third kappa shape index (κ3) is 2.78. The van der Waals surface area contributed by atoms with E-state index in [0.29, 0.717) is 6.42 Å². The monoisotopic (exact) mass is 318 g/mol. The first-order valence-corrected chi connectivity index (χ1v) is 8.69. The van der Waals surface area contributed by atoms with Crippen LogP contribution in [0.2, 0.25) is 0 Å². The van der Waals surface area contributed by atoms with Crippen LogP contribution in [0.25, 0.3) is 10.2 Å². The number of aryl methyl sites for hydroxylation is 3. The third-order valence-electron chi connectivity index (χ3n) is 3.40. The van der Waals surface area contributed by atoms with Crippen LogP contribution in [0.3, 0.4) is 0 Å². The second-order valence-electron chi connectivity index (χ2n) is 5.04. The maximum Gasteiger partial charge on any atom is 0.139 e. The zero-order valence-corrected chi connectivity index (χ0v) is 14.3. The van der Waals surface area contributed by atoms with E-state index in [0.717, 1.165) is 33.7 Å². The van der Waals surface area contributed by atoms with Crippen molar-refractivity contribution in [2.75, 3.05) is 11.9 Å². The van der Waals surface area contributed by atoms with E-state index >= 15 is 0 Å². The van der Waals surface area contributed by atoms with Crippen LogP contribution in [0.5, 0.6) is 0 Å². The van der Waals surface area contributed by atoms with Crippen molar-refractivity contribution in [2.45, 2.75) is 34.1 Å². The van der Waals surface area contributed by atoms with Crippen molar-refractivity contribution in [3.8, 4) is 0 Å². The van der Waals surface area contributed by atoms with Crippen molar-refractivity contribution in [3.63, 3.8) is 0 Å². The summed E-state index contributed by atoms with van der Waals surface area (Å²) in [4.78, 5) is 16.3. The van der Waals surface area contributed by atoms with Crippen LogP contribution < -0.4 is 5.32 Å². The number of hydrogen-bond acceptors (Lipinski definition) is 6. The summed E-state index contributed by atoms with van der Waals surface area (Å²) in [5, 5.41) is 7.68. The smallest absolute Gasteiger partial charge is 0.139 e. The van der Waals surface area contributed by atoms with E-state index in [1.807, 2.05) is 6.92 Å². The lowest BCUT2D eigenvalue weighted by atomic mass is 10.2. The highest BCUT2D eigenvalue weighted by Gasteiger charge is 2.15. The molecule has 0 unspecified atom stereocenters. The molecule has 0 aliphatic heterocycles. The van der Waals surface area contributed by atoms with Gasteiger partial charge in [-0.2, -0.15) is 0 Å². The van der Waals surface area contributed by atoms with E-state index in [1.54, 1.807) is 22.7 Å². The molecule has 3 aromatic heterocycles. The summed E-state index contributed by atoms with van der Waals surface area (Å²) in [6.45, 7) is 9.24. The second kappa shape index (κ2) is 5.69. The van der Waals surface area contributed by atoms with Crippen molar-refractivity contribution in [2.24, 2.45) is 0 Å². The lowest BCUT2D eigenvalue weighted by molar-refractivity contribution is 0.971. The fraction of sp³-hybridized carbons (Fsp3) is 0.400. The van der Waals surface area contributed by atoms with Crippen LogP contribution in [0.1, 0.15) is 33.9 Å². The molecule has 0 amide bonds. The van der Waals surface area contributed by atoms with E-state index in [-0.39, 0.29) is 0 Å². The Bertz CT molecular complexity index is 788. The molecule has 0 saturated heterocycles. The topological polar surface area (TPSA) is 50.7 Å². The van der Waals surface area contributed by atoms with Crippen LogP contribution in [0, 0.1) is 20.8 Å². The molecule has 0 bridgehead atoms. The Balaban J connectivity index is 2.07. The molecule has 0 atom stereocenters.